The molecular formula is C17H20BrNO. The van der Waals surface area contributed by atoms with Gasteiger partial charge >= 0.3 is 0 Å². The Hall–Kier alpha value is -1.32. The van der Waals surface area contributed by atoms with Crippen molar-refractivity contribution in [3.05, 3.63) is 63.1 Å². The lowest BCUT2D eigenvalue weighted by Crippen LogP contribution is -2.08. The van der Waals surface area contributed by atoms with E-state index in [0.29, 0.717) is 6.61 Å². The Bertz CT molecular complexity index is 608. The molecule has 0 aliphatic rings. The van der Waals surface area contributed by atoms with E-state index in [1.54, 1.807) is 0 Å². The predicted octanol–water partition coefficient (Wildman–Crippen LogP) is 4.66. The summed E-state index contributed by atoms with van der Waals surface area (Å²) < 4.78 is 6.95. The highest BCUT2D eigenvalue weighted by atomic mass is 79.9. The maximum atomic E-state index is 6.00. The van der Waals surface area contributed by atoms with Crippen LogP contribution in [-0.4, -0.2) is 0 Å². The zero-order chi connectivity index (χ0) is 14.7. The van der Waals surface area contributed by atoms with Gasteiger partial charge in [-0.15, -0.1) is 0 Å². The second kappa shape index (κ2) is 6.42. The van der Waals surface area contributed by atoms with Gasteiger partial charge < -0.3 is 10.5 Å². The quantitative estimate of drug-likeness (QED) is 0.882. The molecule has 0 spiro atoms. The van der Waals surface area contributed by atoms with Crippen LogP contribution in [-0.2, 0) is 6.61 Å². The SMILES string of the molecule is Cc1ccc(COc2ccc(Br)cc2[C@@H](C)N)cc1C. The molecule has 0 unspecified atom stereocenters. The molecule has 0 aromatic heterocycles. The fourth-order valence-corrected chi connectivity index (χ4v) is 2.44. The van der Waals surface area contributed by atoms with E-state index in [-0.39, 0.29) is 6.04 Å². The van der Waals surface area contributed by atoms with E-state index in [4.69, 9.17) is 10.5 Å². The number of hydrogen-bond acceptors (Lipinski definition) is 2. The molecule has 20 heavy (non-hydrogen) atoms. The summed E-state index contributed by atoms with van der Waals surface area (Å²) in [4.78, 5) is 0. The molecule has 0 heterocycles. The Morgan fingerprint density at radius 1 is 1.10 bits per heavy atom. The Labute approximate surface area is 129 Å². The third kappa shape index (κ3) is 3.62. The van der Waals surface area contributed by atoms with Gasteiger partial charge in [-0.2, -0.15) is 0 Å². The first kappa shape index (κ1) is 15.1. The van der Waals surface area contributed by atoms with E-state index in [9.17, 15) is 0 Å². The van der Waals surface area contributed by atoms with Gasteiger partial charge in [0.2, 0.25) is 0 Å². The lowest BCUT2D eigenvalue weighted by atomic mass is 10.1. The monoisotopic (exact) mass is 333 g/mol. The van der Waals surface area contributed by atoms with Gasteiger partial charge in [0.1, 0.15) is 12.4 Å². The summed E-state index contributed by atoms with van der Waals surface area (Å²) in [6, 6.07) is 12.3. The van der Waals surface area contributed by atoms with Crippen molar-refractivity contribution in [2.45, 2.75) is 33.4 Å². The fourth-order valence-electron chi connectivity index (χ4n) is 2.06. The van der Waals surface area contributed by atoms with Crippen LogP contribution in [0.25, 0.3) is 0 Å². The molecule has 2 aromatic carbocycles. The van der Waals surface area contributed by atoms with Crippen molar-refractivity contribution >= 4 is 15.9 Å². The van der Waals surface area contributed by atoms with E-state index < -0.39 is 0 Å². The van der Waals surface area contributed by atoms with Gasteiger partial charge in [-0.1, -0.05) is 34.1 Å². The van der Waals surface area contributed by atoms with Crippen molar-refractivity contribution in [3.63, 3.8) is 0 Å². The van der Waals surface area contributed by atoms with Gasteiger partial charge in [-0.05, 0) is 55.7 Å². The highest BCUT2D eigenvalue weighted by molar-refractivity contribution is 9.10. The van der Waals surface area contributed by atoms with Crippen molar-refractivity contribution in [1.29, 1.82) is 0 Å². The maximum absolute atomic E-state index is 6.00. The Balaban J connectivity index is 2.16. The first-order valence-electron chi connectivity index (χ1n) is 6.71. The van der Waals surface area contributed by atoms with Crippen LogP contribution in [0.2, 0.25) is 0 Å². The van der Waals surface area contributed by atoms with Crippen molar-refractivity contribution in [2.24, 2.45) is 5.73 Å². The van der Waals surface area contributed by atoms with Gasteiger partial charge in [0.25, 0.3) is 0 Å². The number of nitrogens with two attached hydrogens (primary N) is 1. The number of ether oxygens (including phenoxy) is 1. The van der Waals surface area contributed by atoms with Crippen molar-refractivity contribution in [2.75, 3.05) is 0 Å². The highest BCUT2D eigenvalue weighted by Gasteiger charge is 2.09. The molecule has 0 saturated heterocycles. The van der Waals surface area contributed by atoms with E-state index in [0.717, 1.165) is 15.8 Å². The maximum Gasteiger partial charge on any atom is 0.124 e. The Kier molecular flexibility index (Phi) is 4.84. The Morgan fingerprint density at radius 3 is 2.50 bits per heavy atom. The summed E-state index contributed by atoms with van der Waals surface area (Å²) in [5, 5.41) is 0. The molecule has 0 amide bonds. The van der Waals surface area contributed by atoms with E-state index in [1.807, 2.05) is 25.1 Å². The normalized spacial score (nSPS) is 12.2. The number of rotatable bonds is 4. The van der Waals surface area contributed by atoms with E-state index in [2.05, 4.69) is 48.0 Å². The minimum Gasteiger partial charge on any atom is -0.489 e. The minimum atomic E-state index is -0.0535. The highest BCUT2D eigenvalue weighted by Crippen LogP contribution is 2.28. The third-order valence-corrected chi connectivity index (χ3v) is 3.92. The molecule has 106 valence electrons. The number of aryl methyl sites for hydroxylation is 2. The van der Waals surface area contributed by atoms with Crippen LogP contribution >= 0.6 is 15.9 Å². The summed E-state index contributed by atoms with van der Waals surface area (Å²) in [6.07, 6.45) is 0. The number of hydrogen-bond donors (Lipinski definition) is 1. The summed E-state index contributed by atoms with van der Waals surface area (Å²) in [7, 11) is 0. The molecule has 3 heteroatoms. The number of benzene rings is 2. The van der Waals surface area contributed by atoms with E-state index >= 15 is 0 Å². The first-order valence-corrected chi connectivity index (χ1v) is 7.50. The molecule has 2 rings (SSSR count). The molecule has 0 aliphatic carbocycles. The fraction of sp³-hybridized carbons (Fsp3) is 0.294. The molecule has 2 nitrogen and oxygen atoms in total. The topological polar surface area (TPSA) is 35.2 Å². The number of halogens is 1. The van der Waals surface area contributed by atoms with Gasteiger partial charge in [-0.25, -0.2) is 0 Å². The summed E-state index contributed by atoms with van der Waals surface area (Å²) in [5.74, 6) is 0.849. The lowest BCUT2D eigenvalue weighted by molar-refractivity contribution is 0.301. The van der Waals surface area contributed by atoms with E-state index in [1.165, 1.54) is 16.7 Å². The van der Waals surface area contributed by atoms with Crippen LogP contribution in [0.15, 0.2) is 40.9 Å². The summed E-state index contributed by atoms with van der Waals surface area (Å²) in [5.41, 5.74) is 10.8. The molecule has 1 atom stereocenters. The zero-order valence-electron chi connectivity index (χ0n) is 12.1. The Morgan fingerprint density at radius 2 is 1.85 bits per heavy atom. The molecule has 0 fully saturated rings. The lowest BCUT2D eigenvalue weighted by Gasteiger charge is -2.15. The van der Waals surface area contributed by atoms with Crippen LogP contribution in [0.3, 0.4) is 0 Å². The van der Waals surface area contributed by atoms with Crippen molar-refractivity contribution in [3.8, 4) is 5.75 Å². The molecular weight excluding hydrogens is 314 g/mol. The second-order valence-corrected chi connectivity index (χ2v) is 6.09. The first-order chi connectivity index (χ1) is 9.47. The van der Waals surface area contributed by atoms with Gasteiger partial charge in [0.05, 0.1) is 0 Å². The standard InChI is InChI=1S/C17H20BrNO/c1-11-4-5-14(8-12(11)2)10-20-17-7-6-15(18)9-16(17)13(3)19/h4-9,13H,10,19H2,1-3H3/t13-/m1/s1. The predicted molar refractivity (Wildman–Crippen MR) is 87.0 cm³/mol. The molecule has 2 N–H and O–H groups in total. The van der Waals surface area contributed by atoms with Crippen LogP contribution in [0.5, 0.6) is 5.75 Å². The molecule has 0 saturated carbocycles. The summed E-state index contributed by atoms with van der Waals surface area (Å²) >= 11 is 3.47. The second-order valence-electron chi connectivity index (χ2n) is 5.18. The molecule has 0 aliphatic heterocycles. The zero-order valence-corrected chi connectivity index (χ0v) is 13.7. The smallest absolute Gasteiger partial charge is 0.124 e. The summed E-state index contributed by atoms with van der Waals surface area (Å²) in [6.45, 7) is 6.75. The molecule has 0 radical (unpaired) electrons. The van der Waals surface area contributed by atoms with Crippen molar-refractivity contribution in [1.82, 2.24) is 0 Å². The van der Waals surface area contributed by atoms with Gasteiger partial charge in [0, 0.05) is 16.1 Å². The average molecular weight is 334 g/mol. The van der Waals surface area contributed by atoms with Gasteiger partial charge in [-0.3, -0.25) is 0 Å². The van der Waals surface area contributed by atoms with Crippen LogP contribution in [0.4, 0.5) is 0 Å². The van der Waals surface area contributed by atoms with Crippen LogP contribution in [0, 0.1) is 13.8 Å². The average Bonchev–Trinajstić information content (AvgIpc) is 2.41. The minimum absolute atomic E-state index is 0.0535. The van der Waals surface area contributed by atoms with Gasteiger partial charge in [0.15, 0.2) is 0 Å². The van der Waals surface area contributed by atoms with Crippen molar-refractivity contribution < 1.29 is 4.74 Å². The molecule has 2 aromatic rings. The van der Waals surface area contributed by atoms with Crippen LogP contribution in [0.1, 0.15) is 35.2 Å². The van der Waals surface area contributed by atoms with Crippen LogP contribution < -0.4 is 10.5 Å². The third-order valence-electron chi connectivity index (χ3n) is 3.43. The molecule has 0 bridgehead atoms. The largest absolute Gasteiger partial charge is 0.489 e.